The summed E-state index contributed by atoms with van der Waals surface area (Å²) in [5, 5.41) is 4.74. The van der Waals surface area contributed by atoms with Gasteiger partial charge in [-0.15, -0.1) is 0 Å². The van der Waals surface area contributed by atoms with Crippen molar-refractivity contribution in [2.45, 2.75) is 19.8 Å². The number of hydrogen-bond acceptors (Lipinski definition) is 6. The van der Waals surface area contributed by atoms with Gasteiger partial charge >= 0.3 is 0 Å². The molecule has 1 aliphatic rings. The van der Waals surface area contributed by atoms with E-state index in [0.29, 0.717) is 16.9 Å². The Morgan fingerprint density at radius 1 is 1.24 bits per heavy atom. The van der Waals surface area contributed by atoms with Crippen LogP contribution < -0.4 is 9.80 Å². The van der Waals surface area contributed by atoms with Gasteiger partial charge in [0, 0.05) is 38.8 Å². The average Bonchev–Trinajstić information content (AvgIpc) is 2.97. The second-order valence-electron chi connectivity index (χ2n) is 5.02. The van der Waals surface area contributed by atoms with Crippen LogP contribution >= 0.6 is 11.6 Å². The Hall–Kier alpha value is -1.82. The second-order valence-corrected chi connectivity index (χ2v) is 5.43. The average molecular weight is 308 g/mol. The molecular weight excluding hydrogens is 290 g/mol. The molecule has 0 saturated carbocycles. The maximum atomic E-state index is 6.19. The predicted molar refractivity (Wildman–Crippen MR) is 82.0 cm³/mol. The number of aromatic nitrogens is 3. The summed E-state index contributed by atoms with van der Waals surface area (Å²) in [5.41, 5.74) is 0. The lowest BCUT2D eigenvalue weighted by Gasteiger charge is -2.34. The van der Waals surface area contributed by atoms with Crippen LogP contribution in [-0.4, -0.2) is 41.3 Å². The van der Waals surface area contributed by atoms with Gasteiger partial charge in [-0.3, -0.25) is 0 Å². The van der Waals surface area contributed by atoms with Crippen molar-refractivity contribution in [3.63, 3.8) is 0 Å². The molecule has 2 aromatic rings. The molecule has 112 valence electrons. The fourth-order valence-electron chi connectivity index (χ4n) is 2.42. The lowest BCUT2D eigenvalue weighted by atomic mass is 10.3. The van der Waals surface area contributed by atoms with Crippen molar-refractivity contribution in [2.24, 2.45) is 0 Å². The Morgan fingerprint density at radius 3 is 2.71 bits per heavy atom. The molecule has 0 aliphatic carbocycles. The first-order valence-electron chi connectivity index (χ1n) is 7.21. The number of nitrogens with zero attached hydrogens (tertiary/aromatic N) is 5. The van der Waals surface area contributed by atoms with Crippen LogP contribution in [0.2, 0.25) is 5.02 Å². The summed E-state index contributed by atoms with van der Waals surface area (Å²) < 4.78 is 5.24. The molecule has 0 N–H and O–H groups in total. The van der Waals surface area contributed by atoms with E-state index in [1.54, 1.807) is 6.20 Å². The third kappa shape index (κ3) is 3.10. The molecule has 3 rings (SSSR count). The fourth-order valence-corrected chi connectivity index (χ4v) is 2.66. The number of aryl methyl sites for hydroxylation is 1. The molecule has 1 fully saturated rings. The lowest BCUT2D eigenvalue weighted by Crippen LogP contribution is -2.47. The van der Waals surface area contributed by atoms with Crippen LogP contribution in [0.1, 0.15) is 19.2 Å². The van der Waals surface area contributed by atoms with Crippen molar-refractivity contribution in [2.75, 3.05) is 36.0 Å². The first kappa shape index (κ1) is 14.1. The van der Waals surface area contributed by atoms with E-state index in [4.69, 9.17) is 16.1 Å². The van der Waals surface area contributed by atoms with Gasteiger partial charge in [0.05, 0.1) is 5.02 Å². The predicted octanol–water partition coefficient (Wildman–Crippen LogP) is 2.40. The minimum atomic E-state index is 0.685. The van der Waals surface area contributed by atoms with E-state index in [1.165, 1.54) is 0 Å². The van der Waals surface area contributed by atoms with Gasteiger partial charge in [0.1, 0.15) is 5.82 Å². The lowest BCUT2D eigenvalue weighted by molar-refractivity contribution is 0.376. The van der Waals surface area contributed by atoms with Crippen LogP contribution in [0.15, 0.2) is 22.9 Å². The van der Waals surface area contributed by atoms with Crippen LogP contribution in [-0.2, 0) is 6.42 Å². The zero-order valence-electron chi connectivity index (χ0n) is 12.0. The van der Waals surface area contributed by atoms with Crippen LogP contribution in [0.4, 0.5) is 11.8 Å². The maximum absolute atomic E-state index is 6.19. The molecule has 0 aromatic carbocycles. The Bertz CT molecular complexity index is 595. The molecule has 0 amide bonds. The van der Waals surface area contributed by atoms with Crippen molar-refractivity contribution in [1.29, 1.82) is 0 Å². The normalized spacial score (nSPS) is 15.5. The molecule has 21 heavy (non-hydrogen) atoms. The highest BCUT2D eigenvalue weighted by Crippen LogP contribution is 2.24. The summed E-state index contributed by atoms with van der Waals surface area (Å²) in [6, 6.07) is 3.71. The monoisotopic (exact) mass is 307 g/mol. The summed E-state index contributed by atoms with van der Waals surface area (Å²) in [4.78, 5) is 13.1. The first-order chi connectivity index (χ1) is 10.3. The molecule has 0 spiro atoms. The van der Waals surface area contributed by atoms with Gasteiger partial charge in [-0.2, -0.15) is 4.98 Å². The smallest absolute Gasteiger partial charge is 0.266 e. The topological polar surface area (TPSA) is 58.3 Å². The zero-order chi connectivity index (χ0) is 14.7. The Kier molecular flexibility index (Phi) is 4.24. The van der Waals surface area contributed by atoms with Gasteiger partial charge in [0.15, 0.2) is 0 Å². The van der Waals surface area contributed by atoms with E-state index in [9.17, 15) is 0 Å². The van der Waals surface area contributed by atoms with Crippen molar-refractivity contribution in [3.8, 4) is 0 Å². The molecule has 7 heteroatoms. The van der Waals surface area contributed by atoms with Crippen LogP contribution in [0.3, 0.4) is 0 Å². The van der Waals surface area contributed by atoms with E-state index < -0.39 is 0 Å². The molecular formula is C14H18ClN5O. The minimum absolute atomic E-state index is 0.685. The van der Waals surface area contributed by atoms with E-state index in [2.05, 4.69) is 31.8 Å². The van der Waals surface area contributed by atoms with Crippen molar-refractivity contribution in [1.82, 2.24) is 15.1 Å². The van der Waals surface area contributed by atoms with Gasteiger partial charge in [0.25, 0.3) is 5.95 Å². The van der Waals surface area contributed by atoms with Crippen molar-refractivity contribution in [3.05, 3.63) is 29.2 Å². The Morgan fingerprint density at radius 2 is 2.00 bits per heavy atom. The van der Waals surface area contributed by atoms with Crippen LogP contribution in [0.5, 0.6) is 0 Å². The molecule has 6 nitrogen and oxygen atoms in total. The minimum Gasteiger partial charge on any atom is -0.352 e. The molecule has 0 atom stereocenters. The summed E-state index contributed by atoms with van der Waals surface area (Å²) >= 11 is 6.19. The summed E-state index contributed by atoms with van der Waals surface area (Å²) in [7, 11) is 0. The standard InChI is InChI=1S/C14H18ClN5O/c1-2-4-12-17-14(18-21-12)20-9-7-19(8-10-20)13-11(15)5-3-6-16-13/h3,5-6H,2,4,7-10H2,1H3. The van der Waals surface area contributed by atoms with E-state index in [0.717, 1.165) is 44.8 Å². The second kappa shape index (κ2) is 6.30. The van der Waals surface area contributed by atoms with Gasteiger partial charge in [-0.25, -0.2) is 4.98 Å². The maximum Gasteiger partial charge on any atom is 0.266 e. The molecule has 0 bridgehead atoms. The SMILES string of the molecule is CCCc1nc(N2CCN(c3ncccc3Cl)CC2)no1. The molecule has 0 radical (unpaired) electrons. The highest BCUT2D eigenvalue weighted by molar-refractivity contribution is 6.32. The van der Waals surface area contributed by atoms with Gasteiger partial charge in [-0.1, -0.05) is 18.5 Å². The Labute approximate surface area is 128 Å². The largest absolute Gasteiger partial charge is 0.352 e. The quantitative estimate of drug-likeness (QED) is 0.864. The van der Waals surface area contributed by atoms with E-state index in [-0.39, 0.29) is 0 Å². The highest BCUT2D eigenvalue weighted by atomic mass is 35.5. The number of rotatable bonds is 4. The summed E-state index contributed by atoms with van der Waals surface area (Å²) in [6.45, 7) is 5.44. The molecule has 2 aromatic heterocycles. The number of hydrogen-bond donors (Lipinski definition) is 0. The Balaban J connectivity index is 1.63. The van der Waals surface area contributed by atoms with Gasteiger partial charge in [-0.05, 0) is 23.7 Å². The van der Waals surface area contributed by atoms with Crippen molar-refractivity contribution >= 4 is 23.4 Å². The summed E-state index contributed by atoms with van der Waals surface area (Å²) in [5.74, 6) is 2.24. The van der Waals surface area contributed by atoms with Crippen LogP contribution in [0, 0.1) is 0 Å². The zero-order valence-corrected chi connectivity index (χ0v) is 12.8. The highest BCUT2D eigenvalue weighted by Gasteiger charge is 2.22. The van der Waals surface area contributed by atoms with E-state index >= 15 is 0 Å². The van der Waals surface area contributed by atoms with Gasteiger partial charge in [0.2, 0.25) is 5.89 Å². The fraction of sp³-hybridized carbons (Fsp3) is 0.500. The van der Waals surface area contributed by atoms with Gasteiger partial charge < -0.3 is 14.3 Å². The number of anilines is 2. The van der Waals surface area contributed by atoms with Crippen LogP contribution in [0.25, 0.3) is 0 Å². The third-order valence-electron chi connectivity index (χ3n) is 3.52. The van der Waals surface area contributed by atoms with Crippen molar-refractivity contribution < 1.29 is 4.52 Å². The molecule has 1 aliphatic heterocycles. The molecule has 1 saturated heterocycles. The van der Waals surface area contributed by atoms with E-state index in [1.807, 2.05) is 12.1 Å². The first-order valence-corrected chi connectivity index (χ1v) is 7.58. The third-order valence-corrected chi connectivity index (χ3v) is 3.82. The number of pyridine rings is 1. The molecule has 0 unspecified atom stereocenters. The summed E-state index contributed by atoms with van der Waals surface area (Å²) in [6.07, 6.45) is 3.61. The number of piperazine rings is 1. The number of halogens is 1. The molecule has 3 heterocycles.